The molecular weight excluding hydrogens is 338 g/mol. The van der Waals surface area contributed by atoms with E-state index in [0.29, 0.717) is 15.1 Å². The Morgan fingerprint density at radius 1 is 1.04 bits per heavy atom. The molecule has 0 saturated heterocycles. The van der Waals surface area contributed by atoms with Crippen LogP contribution >= 0.6 is 11.3 Å². The van der Waals surface area contributed by atoms with E-state index in [1.165, 1.54) is 11.6 Å². The summed E-state index contributed by atoms with van der Waals surface area (Å²) >= 11 is 1.16. The molecular formula is C18H19N3O3S. The molecule has 0 atom stereocenters. The van der Waals surface area contributed by atoms with E-state index in [-0.39, 0.29) is 11.5 Å². The molecule has 0 aliphatic carbocycles. The van der Waals surface area contributed by atoms with E-state index >= 15 is 0 Å². The molecule has 25 heavy (non-hydrogen) atoms. The number of anilines is 1. The van der Waals surface area contributed by atoms with Crippen molar-refractivity contribution >= 4 is 33.1 Å². The van der Waals surface area contributed by atoms with Crippen molar-refractivity contribution < 1.29 is 4.79 Å². The fourth-order valence-corrected chi connectivity index (χ4v) is 3.77. The highest BCUT2D eigenvalue weighted by Gasteiger charge is 2.20. The number of amides is 1. The Kier molecular flexibility index (Phi) is 4.12. The van der Waals surface area contributed by atoms with Crippen molar-refractivity contribution in [3.63, 3.8) is 0 Å². The minimum absolute atomic E-state index is 0.209. The van der Waals surface area contributed by atoms with E-state index in [0.717, 1.165) is 32.7 Å². The third-order valence-corrected chi connectivity index (χ3v) is 5.72. The molecule has 0 radical (unpaired) electrons. The average molecular weight is 357 g/mol. The minimum Gasteiger partial charge on any atom is -0.311 e. The molecule has 2 heterocycles. The minimum atomic E-state index is -0.402. The Bertz CT molecular complexity index is 1120. The maximum atomic E-state index is 12.8. The zero-order valence-electron chi connectivity index (χ0n) is 14.8. The lowest BCUT2D eigenvalue weighted by molar-refractivity contribution is 0.0997. The number of nitrogens with zero attached hydrogens (tertiary/aromatic N) is 3. The topological polar surface area (TPSA) is 64.3 Å². The number of hydrogen-bond acceptors (Lipinski definition) is 4. The van der Waals surface area contributed by atoms with E-state index in [1.807, 2.05) is 32.0 Å². The van der Waals surface area contributed by atoms with E-state index in [1.54, 1.807) is 25.1 Å². The third-order valence-electron chi connectivity index (χ3n) is 4.52. The molecule has 0 aliphatic rings. The van der Waals surface area contributed by atoms with Gasteiger partial charge in [0.2, 0.25) is 0 Å². The molecule has 0 spiro atoms. The molecule has 0 N–H and O–H groups in total. The van der Waals surface area contributed by atoms with Gasteiger partial charge in [-0.15, -0.1) is 11.3 Å². The van der Waals surface area contributed by atoms with Crippen LogP contribution in [-0.2, 0) is 14.1 Å². The smallest absolute Gasteiger partial charge is 0.311 e. The Hall–Kier alpha value is -2.67. The van der Waals surface area contributed by atoms with Crippen LogP contribution in [0.1, 0.15) is 20.8 Å². The lowest BCUT2D eigenvalue weighted by atomic mass is 10.1. The van der Waals surface area contributed by atoms with Gasteiger partial charge in [-0.2, -0.15) is 0 Å². The second-order valence-electron chi connectivity index (χ2n) is 6.17. The van der Waals surface area contributed by atoms with Crippen molar-refractivity contribution in [3.05, 3.63) is 61.1 Å². The monoisotopic (exact) mass is 357 g/mol. The van der Waals surface area contributed by atoms with Gasteiger partial charge in [0, 0.05) is 26.8 Å². The van der Waals surface area contributed by atoms with Crippen molar-refractivity contribution in [1.29, 1.82) is 0 Å². The SMILES string of the molecule is Cc1ccc(N(C)C(=O)c2cc3c(=O)n(C)c(=O)n(C)c3s2)cc1C. The highest BCUT2D eigenvalue weighted by Crippen LogP contribution is 2.25. The summed E-state index contributed by atoms with van der Waals surface area (Å²) in [6, 6.07) is 7.39. The Morgan fingerprint density at radius 3 is 2.36 bits per heavy atom. The maximum Gasteiger partial charge on any atom is 0.331 e. The first-order valence-electron chi connectivity index (χ1n) is 7.77. The van der Waals surface area contributed by atoms with Gasteiger partial charge >= 0.3 is 5.69 Å². The average Bonchev–Trinajstić information content (AvgIpc) is 3.04. The number of carbonyl (C=O) groups is 1. The normalized spacial score (nSPS) is 11.1. The molecule has 1 aromatic carbocycles. The van der Waals surface area contributed by atoms with Gasteiger partial charge in [-0.1, -0.05) is 6.07 Å². The fourth-order valence-electron chi connectivity index (χ4n) is 2.69. The molecule has 0 unspecified atom stereocenters. The number of carbonyl (C=O) groups excluding carboxylic acids is 1. The predicted octanol–water partition coefficient (Wildman–Crippen LogP) is 2.19. The second kappa shape index (κ2) is 6.00. The molecule has 3 aromatic rings. The lowest BCUT2D eigenvalue weighted by Gasteiger charge is -2.17. The zero-order chi connectivity index (χ0) is 18.5. The molecule has 1 amide bonds. The van der Waals surface area contributed by atoms with Crippen molar-refractivity contribution in [3.8, 4) is 0 Å². The summed E-state index contributed by atoms with van der Waals surface area (Å²) < 4.78 is 2.45. The fraction of sp³-hybridized carbons (Fsp3) is 0.278. The number of fused-ring (bicyclic) bond motifs is 1. The largest absolute Gasteiger partial charge is 0.331 e. The highest BCUT2D eigenvalue weighted by atomic mass is 32.1. The van der Waals surface area contributed by atoms with Crippen LogP contribution in [0, 0.1) is 13.8 Å². The van der Waals surface area contributed by atoms with Gasteiger partial charge in [0.05, 0.1) is 10.3 Å². The summed E-state index contributed by atoms with van der Waals surface area (Å²) in [7, 11) is 4.74. The first kappa shape index (κ1) is 17.2. The molecule has 7 heteroatoms. The maximum absolute atomic E-state index is 12.8. The summed E-state index contributed by atoms with van der Waals surface area (Å²) in [4.78, 5) is 39.7. The summed E-state index contributed by atoms with van der Waals surface area (Å²) in [6.45, 7) is 4.01. The van der Waals surface area contributed by atoms with Crippen molar-refractivity contribution in [2.75, 3.05) is 11.9 Å². The number of aromatic nitrogens is 2. The predicted molar refractivity (Wildman–Crippen MR) is 101 cm³/mol. The first-order valence-corrected chi connectivity index (χ1v) is 8.59. The quantitative estimate of drug-likeness (QED) is 0.706. The number of benzene rings is 1. The van der Waals surface area contributed by atoms with Gasteiger partial charge in [0.25, 0.3) is 11.5 Å². The number of aryl methyl sites for hydroxylation is 3. The summed E-state index contributed by atoms with van der Waals surface area (Å²) in [5.74, 6) is -0.209. The summed E-state index contributed by atoms with van der Waals surface area (Å²) in [6.07, 6.45) is 0. The van der Waals surface area contributed by atoms with Crippen LogP contribution in [0.2, 0.25) is 0 Å². The second-order valence-corrected chi connectivity index (χ2v) is 7.20. The molecule has 2 aromatic heterocycles. The third kappa shape index (κ3) is 2.70. The van der Waals surface area contributed by atoms with Crippen LogP contribution in [0.4, 0.5) is 5.69 Å². The van der Waals surface area contributed by atoms with Crippen LogP contribution in [0.15, 0.2) is 33.9 Å². The van der Waals surface area contributed by atoms with Crippen LogP contribution in [0.3, 0.4) is 0 Å². The Labute approximate surface area is 148 Å². The first-order chi connectivity index (χ1) is 11.7. The van der Waals surface area contributed by atoms with Gasteiger partial charge in [-0.25, -0.2) is 4.79 Å². The molecule has 0 aliphatic heterocycles. The Balaban J connectivity index is 2.10. The standard InChI is InChI=1S/C18H19N3O3S/c1-10-6-7-12(8-11(10)2)19(3)16(23)14-9-13-15(22)20(4)18(24)21(5)17(13)25-14/h6-9H,1-5H3. The van der Waals surface area contributed by atoms with Gasteiger partial charge in [-0.3, -0.25) is 18.7 Å². The van der Waals surface area contributed by atoms with Crippen LogP contribution in [-0.4, -0.2) is 22.1 Å². The molecule has 0 saturated carbocycles. The van der Waals surface area contributed by atoms with Gasteiger partial charge < -0.3 is 4.90 Å². The van der Waals surface area contributed by atoms with E-state index < -0.39 is 5.69 Å². The molecule has 6 nitrogen and oxygen atoms in total. The molecule has 3 rings (SSSR count). The van der Waals surface area contributed by atoms with Crippen LogP contribution in [0.25, 0.3) is 10.2 Å². The van der Waals surface area contributed by atoms with Crippen molar-refractivity contribution in [1.82, 2.24) is 9.13 Å². The van der Waals surface area contributed by atoms with E-state index in [9.17, 15) is 14.4 Å². The highest BCUT2D eigenvalue weighted by molar-refractivity contribution is 7.20. The molecule has 0 fully saturated rings. The van der Waals surface area contributed by atoms with Crippen LogP contribution < -0.4 is 16.1 Å². The lowest BCUT2D eigenvalue weighted by Crippen LogP contribution is -2.36. The van der Waals surface area contributed by atoms with E-state index in [2.05, 4.69) is 0 Å². The number of rotatable bonds is 2. The van der Waals surface area contributed by atoms with E-state index in [4.69, 9.17) is 0 Å². The van der Waals surface area contributed by atoms with Crippen molar-refractivity contribution in [2.45, 2.75) is 13.8 Å². The summed E-state index contributed by atoms with van der Waals surface area (Å²) in [5.41, 5.74) is 2.25. The number of thiophene rings is 1. The van der Waals surface area contributed by atoms with Gasteiger partial charge in [-0.05, 0) is 43.2 Å². The molecule has 0 bridgehead atoms. The van der Waals surface area contributed by atoms with Crippen LogP contribution in [0.5, 0.6) is 0 Å². The Morgan fingerprint density at radius 2 is 1.72 bits per heavy atom. The van der Waals surface area contributed by atoms with Crippen molar-refractivity contribution in [2.24, 2.45) is 14.1 Å². The number of hydrogen-bond donors (Lipinski definition) is 0. The summed E-state index contributed by atoms with van der Waals surface area (Å²) in [5, 5.41) is 0.381. The van der Waals surface area contributed by atoms with Gasteiger partial charge in [0.15, 0.2) is 0 Å². The molecule has 130 valence electrons. The zero-order valence-corrected chi connectivity index (χ0v) is 15.6. The van der Waals surface area contributed by atoms with Gasteiger partial charge in [0.1, 0.15) is 4.83 Å².